The lowest BCUT2D eigenvalue weighted by Gasteiger charge is -1.94. The van der Waals surface area contributed by atoms with Crippen LogP contribution >= 0.6 is 0 Å². The van der Waals surface area contributed by atoms with Crippen molar-refractivity contribution in [3.8, 4) is 6.07 Å². The van der Waals surface area contributed by atoms with Crippen molar-refractivity contribution in [2.24, 2.45) is 0 Å². The van der Waals surface area contributed by atoms with Crippen molar-refractivity contribution in [3.63, 3.8) is 0 Å². The molecule has 1 heterocycles. The Morgan fingerprint density at radius 3 is 2.92 bits per heavy atom. The van der Waals surface area contributed by atoms with E-state index in [0.29, 0.717) is 13.0 Å². The fourth-order valence-corrected chi connectivity index (χ4v) is 0.808. The third-order valence-corrected chi connectivity index (χ3v) is 1.37. The van der Waals surface area contributed by atoms with Gasteiger partial charge in [0, 0.05) is 6.42 Å². The standard InChI is InChI=1S/C6H10N6/c7-4-2-1-3-5-12-10-6(8)9-11-12/h1-3,5H2,(H2,8,10). The number of nitriles is 1. The van der Waals surface area contributed by atoms with Crippen LogP contribution in [0.1, 0.15) is 19.3 Å². The summed E-state index contributed by atoms with van der Waals surface area (Å²) in [6.07, 6.45) is 2.31. The fourth-order valence-electron chi connectivity index (χ4n) is 0.808. The molecule has 2 N–H and O–H groups in total. The van der Waals surface area contributed by atoms with E-state index in [1.807, 2.05) is 0 Å². The SMILES string of the molecule is N#CCCCCn1nnc(N)n1. The van der Waals surface area contributed by atoms with Gasteiger partial charge in [0.25, 0.3) is 5.95 Å². The van der Waals surface area contributed by atoms with Crippen LogP contribution in [0.5, 0.6) is 0 Å². The molecule has 0 aromatic carbocycles. The van der Waals surface area contributed by atoms with Crippen LogP contribution in [0.4, 0.5) is 5.95 Å². The Morgan fingerprint density at radius 2 is 2.33 bits per heavy atom. The highest BCUT2D eigenvalue weighted by atomic mass is 15.6. The quantitative estimate of drug-likeness (QED) is 0.633. The number of tetrazole rings is 1. The predicted octanol–water partition coefficient (Wildman–Crippen LogP) is -0.0508. The van der Waals surface area contributed by atoms with Crippen LogP contribution in [0.15, 0.2) is 0 Å². The first kappa shape index (κ1) is 8.46. The molecule has 0 amide bonds. The summed E-state index contributed by atoms with van der Waals surface area (Å²) in [5, 5.41) is 19.2. The lowest BCUT2D eigenvalue weighted by atomic mass is 10.2. The Balaban J connectivity index is 2.21. The average Bonchev–Trinajstić information content (AvgIpc) is 2.45. The largest absolute Gasteiger partial charge is 0.365 e. The fraction of sp³-hybridized carbons (Fsp3) is 0.667. The van der Waals surface area contributed by atoms with Gasteiger partial charge in [-0.15, -0.1) is 5.10 Å². The van der Waals surface area contributed by atoms with Gasteiger partial charge in [0.1, 0.15) is 0 Å². The summed E-state index contributed by atoms with van der Waals surface area (Å²) >= 11 is 0. The maximum Gasteiger partial charge on any atom is 0.260 e. The van der Waals surface area contributed by atoms with E-state index < -0.39 is 0 Å². The van der Waals surface area contributed by atoms with E-state index in [-0.39, 0.29) is 5.95 Å². The van der Waals surface area contributed by atoms with Crippen LogP contribution in [-0.4, -0.2) is 20.2 Å². The Kier molecular flexibility index (Phi) is 3.02. The number of aryl methyl sites for hydroxylation is 1. The number of hydrogen-bond donors (Lipinski definition) is 1. The molecule has 64 valence electrons. The molecular formula is C6H10N6. The molecule has 1 aromatic heterocycles. The van der Waals surface area contributed by atoms with Crippen molar-refractivity contribution < 1.29 is 0 Å². The molecule has 0 atom stereocenters. The third-order valence-electron chi connectivity index (χ3n) is 1.37. The molecule has 0 aliphatic carbocycles. The van der Waals surface area contributed by atoms with Gasteiger partial charge in [-0.3, -0.25) is 0 Å². The number of anilines is 1. The van der Waals surface area contributed by atoms with Crippen molar-refractivity contribution in [2.45, 2.75) is 25.8 Å². The van der Waals surface area contributed by atoms with E-state index in [9.17, 15) is 0 Å². The van der Waals surface area contributed by atoms with Gasteiger partial charge in [0.2, 0.25) is 0 Å². The second kappa shape index (κ2) is 4.28. The summed E-state index contributed by atoms with van der Waals surface area (Å²) in [6.45, 7) is 0.673. The Morgan fingerprint density at radius 1 is 1.50 bits per heavy atom. The highest BCUT2D eigenvalue weighted by Gasteiger charge is 1.96. The van der Waals surface area contributed by atoms with Gasteiger partial charge < -0.3 is 5.73 Å². The van der Waals surface area contributed by atoms with E-state index in [2.05, 4.69) is 21.5 Å². The number of nitrogens with two attached hydrogens (primary N) is 1. The van der Waals surface area contributed by atoms with Crippen molar-refractivity contribution >= 4 is 5.95 Å². The molecular weight excluding hydrogens is 156 g/mol. The van der Waals surface area contributed by atoms with E-state index >= 15 is 0 Å². The first-order valence-corrected chi connectivity index (χ1v) is 3.73. The Bertz CT molecular complexity index is 272. The zero-order valence-electron chi connectivity index (χ0n) is 6.64. The minimum Gasteiger partial charge on any atom is -0.365 e. The van der Waals surface area contributed by atoms with Crippen LogP contribution in [-0.2, 0) is 6.54 Å². The number of hydrogen-bond acceptors (Lipinski definition) is 5. The van der Waals surface area contributed by atoms with Crippen molar-refractivity contribution in [3.05, 3.63) is 0 Å². The summed E-state index contributed by atoms with van der Waals surface area (Å²) in [7, 11) is 0. The second-order valence-corrected chi connectivity index (χ2v) is 2.36. The first-order valence-electron chi connectivity index (χ1n) is 3.73. The van der Waals surface area contributed by atoms with Gasteiger partial charge in [0.15, 0.2) is 0 Å². The molecule has 0 spiro atoms. The maximum absolute atomic E-state index is 8.25. The molecule has 1 rings (SSSR count). The van der Waals surface area contributed by atoms with Gasteiger partial charge in [-0.2, -0.15) is 10.1 Å². The van der Waals surface area contributed by atoms with E-state index in [1.54, 1.807) is 0 Å². The zero-order valence-corrected chi connectivity index (χ0v) is 6.64. The average molecular weight is 166 g/mol. The van der Waals surface area contributed by atoms with Gasteiger partial charge in [-0.05, 0) is 18.1 Å². The summed E-state index contributed by atoms with van der Waals surface area (Å²) in [5.41, 5.74) is 5.25. The summed E-state index contributed by atoms with van der Waals surface area (Å²) in [4.78, 5) is 1.44. The first-order chi connectivity index (χ1) is 5.83. The molecule has 1 aromatic rings. The predicted molar refractivity (Wildman–Crippen MR) is 41.7 cm³/mol. The summed E-state index contributed by atoms with van der Waals surface area (Å²) in [6, 6.07) is 2.07. The Labute approximate surface area is 70.0 Å². The topological polar surface area (TPSA) is 93.4 Å². The van der Waals surface area contributed by atoms with E-state index in [1.165, 1.54) is 4.80 Å². The Hall–Kier alpha value is -1.64. The summed E-state index contributed by atoms with van der Waals surface area (Å²) < 4.78 is 0. The lowest BCUT2D eigenvalue weighted by molar-refractivity contribution is 0.491. The van der Waals surface area contributed by atoms with Gasteiger partial charge >= 0.3 is 0 Å². The highest BCUT2D eigenvalue weighted by Crippen LogP contribution is 1.96. The number of nitrogens with zero attached hydrogens (tertiary/aromatic N) is 5. The van der Waals surface area contributed by atoms with Gasteiger partial charge in [-0.1, -0.05) is 5.10 Å². The lowest BCUT2D eigenvalue weighted by Crippen LogP contribution is -2.02. The van der Waals surface area contributed by atoms with E-state index in [0.717, 1.165) is 12.8 Å². The molecule has 0 bridgehead atoms. The van der Waals surface area contributed by atoms with E-state index in [4.69, 9.17) is 11.0 Å². The highest BCUT2D eigenvalue weighted by molar-refractivity contribution is 5.06. The van der Waals surface area contributed by atoms with Crippen molar-refractivity contribution in [2.75, 3.05) is 5.73 Å². The normalized spacial score (nSPS) is 9.58. The monoisotopic (exact) mass is 166 g/mol. The molecule has 0 aliphatic rings. The van der Waals surface area contributed by atoms with Crippen LogP contribution in [0, 0.1) is 11.3 Å². The molecule has 0 saturated carbocycles. The minimum absolute atomic E-state index is 0.190. The number of aromatic nitrogens is 4. The molecule has 6 heteroatoms. The number of nitrogen functional groups attached to an aromatic ring is 1. The molecule has 6 nitrogen and oxygen atoms in total. The van der Waals surface area contributed by atoms with Crippen LogP contribution in [0.3, 0.4) is 0 Å². The van der Waals surface area contributed by atoms with Crippen molar-refractivity contribution in [1.29, 1.82) is 5.26 Å². The minimum atomic E-state index is 0.190. The molecule has 0 saturated heterocycles. The van der Waals surface area contributed by atoms with Crippen LogP contribution in [0.25, 0.3) is 0 Å². The van der Waals surface area contributed by atoms with Crippen LogP contribution in [0.2, 0.25) is 0 Å². The van der Waals surface area contributed by atoms with Gasteiger partial charge in [0.05, 0.1) is 12.6 Å². The zero-order chi connectivity index (χ0) is 8.81. The number of unbranched alkanes of at least 4 members (excludes halogenated alkanes) is 2. The second-order valence-electron chi connectivity index (χ2n) is 2.36. The molecule has 12 heavy (non-hydrogen) atoms. The maximum atomic E-state index is 8.25. The summed E-state index contributed by atoms with van der Waals surface area (Å²) in [5.74, 6) is 0.190. The molecule has 0 radical (unpaired) electrons. The molecule has 0 fully saturated rings. The molecule has 0 unspecified atom stereocenters. The van der Waals surface area contributed by atoms with Gasteiger partial charge in [-0.25, -0.2) is 0 Å². The smallest absolute Gasteiger partial charge is 0.260 e. The molecule has 0 aliphatic heterocycles. The van der Waals surface area contributed by atoms with Crippen molar-refractivity contribution in [1.82, 2.24) is 20.2 Å². The number of rotatable bonds is 4. The third kappa shape index (κ3) is 2.54. The van der Waals surface area contributed by atoms with Crippen LogP contribution < -0.4 is 5.73 Å².